The second-order valence-corrected chi connectivity index (χ2v) is 7.50. The molecule has 0 spiro atoms. The summed E-state index contributed by atoms with van der Waals surface area (Å²) in [4.78, 5) is 29.7. The van der Waals surface area contributed by atoms with E-state index in [1.807, 2.05) is 16.7 Å². The van der Waals surface area contributed by atoms with Gasteiger partial charge in [-0.15, -0.1) is 0 Å². The Balaban J connectivity index is 1.82. The minimum Gasteiger partial charge on any atom is -0.480 e. The first-order chi connectivity index (χ1) is 11.3. The summed E-state index contributed by atoms with van der Waals surface area (Å²) >= 11 is 0. The van der Waals surface area contributed by atoms with E-state index < -0.39 is 5.97 Å². The van der Waals surface area contributed by atoms with Crippen LogP contribution in [-0.2, 0) is 4.79 Å². The summed E-state index contributed by atoms with van der Waals surface area (Å²) in [5.41, 5.74) is 0. The average Bonchev–Trinajstić information content (AvgIpc) is 2.47. The fraction of sp³-hybridized carbons (Fsp3) is 0.882. The number of aliphatic carboxylic acids is 1. The smallest absolute Gasteiger partial charge is 0.317 e. The van der Waals surface area contributed by atoms with E-state index in [4.69, 9.17) is 5.11 Å². The lowest BCUT2D eigenvalue weighted by molar-refractivity contribution is -0.139. The largest absolute Gasteiger partial charge is 0.480 e. The molecular formula is C17H32N4O3. The number of nitrogens with zero attached hydrogens (tertiary/aromatic N) is 3. The quantitative estimate of drug-likeness (QED) is 0.751. The van der Waals surface area contributed by atoms with Gasteiger partial charge in [0.2, 0.25) is 0 Å². The zero-order valence-electron chi connectivity index (χ0n) is 15.4. The Hall–Kier alpha value is -1.34. The molecule has 24 heavy (non-hydrogen) atoms. The molecule has 1 atom stereocenters. The molecule has 2 rings (SSSR count). The number of carboxylic acid groups (broad SMARTS) is 1. The van der Waals surface area contributed by atoms with Crippen LogP contribution in [0.1, 0.15) is 33.6 Å². The lowest BCUT2D eigenvalue weighted by Crippen LogP contribution is -2.62. The van der Waals surface area contributed by atoms with Crippen LogP contribution in [0.5, 0.6) is 0 Å². The number of carbonyl (C=O) groups is 2. The summed E-state index contributed by atoms with van der Waals surface area (Å²) in [6.45, 7) is 9.70. The minimum absolute atomic E-state index is 0.0338. The van der Waals surface area contributed by atoms with Crippen molar-refractivity contribution in [3.63, 3.8) is 0 Å². The lowest BCUT2D eigenvalue weighted by atomic mass is 9.85. The first-order valence-electron chi connectivity index (χ1n) is 9.03. The van der Waals surface area contributed by atoms with E-state index in [0.29, 0.717) is 5.92 Å². The van der Waals surface area contributed by atoms with Crippen molar-refractivity contribution in [3.05, 3.63) is 0 Å². The molecule has 1 saturated carbocycles. The predicted molar refractivity (Wildman–Crippen MR) is 93.1 cm³/mol. The number of carbonyl (C=O) groups excluding carboxylic acids is 1. The molecule has 1 heterocycles. The maximum atomic E-state index is 12.6. The molecule has 1 aliphatic carbocycles. The Morgan fingerprint density at radius 2 is 1.96 bits per heavy atom. The van der Waals surface area contributed by atoms with Crippen molar-refractivity contribution in [2.24, 2.45) is 5.92 Å². The SMILES string of the molecule is CCN(CC(=O)O)C1CC(NC(=O)N2CCN(C)CC2C(C)C)C1. The van der Waals surface area contributed by atoms with Crippen LogP contribution in [0.15, 0.2) is 0 Å². The number of urea groups is 1. The highest BCUT2D eigenvalue weighted by Crippen LogP contribution is 2.26. The molecule has 138 valence electrons. The van der Waals surface area contributed by atoms with Crippen LogP contribution in [0.25, 0.3) is 0 Å². The van der Waals surface area contributed by atoms with Gasteiger partial charge in [-0.1, -0.05) is 20.8 Å². The van der Waals surface area contributed by atoms with Crippen molar-refractivity contribution in [1.82, 2.24) is 20.0 Å². The zero-order valence-corrected chi connectivity index (χ0v) is 15.4. The van der Waals surface area contributed by atoms with Crippen LogP contribution >= 0.6 is 0 Å². The van der Waals surface area contributed by atoms with Gasteiger partial charge in [-0.25, -0.2) is 4.79 Å². The molecule has 0 bridgehead atoms. The van der Waals surface area contributed by atoms with Crippen LogP contribution in [0.3, 0.4) is 0 Å². The molecule has 2 amide bonds. The Morgan fingerprint density at radius 1 is 1.29 bits per heavy atom. The number of hydrogen-bond donors (Lipinski definition) is 2. The van der Waals surface area contributed by atoms with Crippen LogP contribution in [0.2, 0.25) is 0 Å². The Labute approximate surface area is 145 Å². The highest BCUT2D eigenvalue weighted by Gasteiger charge is 2.37. The van der Waals surface area contributed by atoms with E-state index >= 15 is 0 Å². The molecule has 7 heteroatoms. The summed E-state index contributed by atoms with van der Waals surface area (Å²) < 4.78 is 0. The van der Waals surface area contributed by atoms with Gasteiger partial charge in [0, 0.05) is 37.8 Å². The van der Waals surface area contributed by atoms with E-state index in [1.165, 1.54) is 0 Å². The van der Waals surface area contributed by atoms with Gasteiger partial charge in [-0.05, 0) is 32.4 Å². The monoisotopic (exact) mass is 340 g/mol. The summed E-state index contributed by atoms with van der Waals surface area (Å²) in [5.74, 6) is -0.361. The second-order valence-electron chi connectivity index (χ2n) is 7.50. The van der Waals surface area contributed by atoms with Crippen LogP contribution in [0.4, 0.5) is 4.79 Å². The molecule has 2 aliphatic rings. The predicted octanol–water partition coefficient (Wildman–Crippen LogP) is 0.906. The van der Waals surface area contributed by atoms with E-state index in [1.54, 1.807) is 0 Å². The van der Waals surface area contributed by atoms with Gasteiger partial charge in [-0.3, -0.25) is 9.69 Å². The third-order valence-corrected chi connectivity index (χ3v) is 5.35. The fourth-order valence-electron chi connectivity index (χ4n) is 3.71. The second kappa shape index (κ2) is 8.16. The molecule has 2 N–H and O–H groups in total. The topological polar surface area (TPSA) is 76.1 Å². The van der Waals surface area contributed by atoms with Crippen molar-refractivity contribution in [1.29, 1.82) is 0 Å². The van der Waals surface area contributed by atoms with Crippen molar-refractivity contribution < 1.29 is 14.7 Å². The van der Waals surface area contributed by atoms with Crippen molar-refractivity contribution in [2.45, 2.75) is 51.7 Å². The highest BCUT2D eigenvalue weighted by molar-refractivity contribution is 5.75. The van der Waals surface area contributed by atoms with Crippen LogP contribution in [0, 0.1) is 5.92 Å². The molecule has 1 aliphatic heterocycles. The van der Waals surface area contributed by atoms with Gasteiger partial charge >= 0.3 is 12.0 Å². The van der Waals surface area contributed by atoms with Crippen molar-refractivity contribution >= 4 is 12.0 Å². The maximum Gasteiger partial charge on any atom is 0.317 e. The molecule has 0 aromatic carbocycles. The molecule has 7 nitrogen and oxygen atoms in total. The first kappa shape index (κ1) is 19.0. The van der Waals surface area contributed by atoms with Gasteiger partial charge in [0.25, 0.3) is 0 Å². The number of hydrogen-bond acceptors (Lipinski definition) is 4. The molecule has 0 aromatic rings. The molecule has 0 radical (unpaired) electrons. The Bertz CT molecular complexity index is 451. The van der Waals surface area contributed by atoms with Gasteiger partial charge < -0.3 is 20.2 Å². The molecule has 2 fully saturated rings. The molecule has 0 aromatic heterocycles. The number of rotatable bonds is 6. The van der Waals surface area contributed by atoms with Gasteiger partial charge in [-0.2, -0.15) is 0 Å². The fourth-order valence-corrected chi connectivity index (χ4v) is 3.71. The summed E-state index contributed by atoms with van der Waals surface area (Å²) in [6.07, 6.45) is 1.68. The minimum atomic E-state index is -0.790. The summed E-state index contributed by atoms with van der Waals surface area (Å²) in [5, 5.41) is 12.1. The van der Waals surface area contributed by atoms with Crippen LogP contribution < -0.4 is 5.32 Å². The summed E-state index contributed by atoms with van der Waals surface area (Å²) in [6, 6.07) is 0.716. The molecule has 1 unspecified atom stereocenters. The standard InChI is InChI=1S/C17H32N4O3/c1-5-20(11-16(22)23)14-8-13(9-14)18-17(24)21-7-6-19(4)10-15(21)12(2)3/h12-15H,5-11H2,1-4H3,(H,18,24)(H,22,23). The van der Waals surface area contributed by atoms with Crippen molar-refractivity contribution in [2.75, 3.05) is 39.8 Å². The number of amides is 2. The number of nitrogens with one attached hydrogen (secondary N) is 1. The third kappa shape index (κ3) is 4.60. The normalized spacial score (nSPS) is 28.1. The zero-order chi connectivity index (χ0) is 17.9. The summed E-state index contributed by atoms with van der Waals surface area (Å²) in [7, 11) is 2.10. The lowest BCUT2D eigenvalue weighted by Gasteiger charge is -2.45. The molecule has 1 saturated heterocycles. The number of carboxylic acids is 1. The average molecular weight is 340 g/mol. The van der Waals surface area contributed by atoms with E-state index in [2.05, 4.69) is 31.1 Å². The maximum absolute atomic E-state index is 12.6. The van der Waals surface area contributed by atoms with Crippen molar-refractivity contribution in [3.8, 4) is 0 Å². The van der Waals surface area contributed by atoms with Gasteiger partial charge in [0.05, 0.1) is 6.54 Å². The van der Waals surface area contributed by atoms with E-state index in [-0.39, 0.29) is 30.7 Å². The third-order valence-electron chi connectivity index (χ3n) is 5.35. The highest BCUT2D eigenvalue weighted by atomic mass is 16.4. The van der Waals surface area contributed by atoms with Gasteiger partial charge in [0.1, 0.15) is 0 Å². The van der Waals surface area contributed by atoms with E-state index in [9.17, 15) is 9.59 Å². The molecular weight excluding hydrogens is 308 g/mol. The Kier molecular flexibility index (Phi) is 6.46. The number of likely N-dealkylation sites (N-methyl/N-ethyl adjacent to an activating group) is 2. The van der Waals surface area contributed by atoms with Crippen LogP contribution in [-0.4, -0.2) is 89.7 Å². The number of piperazine rings is 1. The van der Waals surface area contributed by atoms with Gasteiger partial charge in [0.15, 0.2) is 0 Å². The first-order valence-corrected chi connectivity index (χ1v) is 9.03. The Morgan fingerprint density at radius 3 is 2.50 bits per heavy atom. The van der Waals surface area contributed by atoms with E-state index in [0.717, 1.165) is 39.0 Å².